The Kier molecular flexibility index (Phi) is 6.89. The first-order valence-electron chi connectivity index (χ1n) is 10.5. The van der Waals surface area contributed by atoms with Gasteiger partial charge in [0.2, 0.25) is 11.8 Å². The minimum atomic E-state index is -1.00. The topological polar surface area (TPSA) is 52.7 Å². The third-order valence-electron chi connectivity index (χ3n) is 5.93. The highest BCUT2D eigenvalue weighted by molar-refractivity contribution is 6.04. The molecule has 0 spiro atoms. The molecule has 2 aliphatic rings. The molecule has 2 fully saturated rings. The lowest BCUT2D eigenvalue weighted by Gasteiger charge is -2.38. The summed E-state index contributed by atoms with van der Waals surface area (Å²) in [6, 6.07) is 10.5. The Morgan fingerprint density at radius 1 is 1.07 bits per heavy atom. The number of hydrogen-bond donors (Lipinski definition) is 1. The molecule has 5 nitrogen and oxygen atoms in total. The van der Waals surface area contributed by atoms with Crippen LogP contribution in [-0.4, -0.2) is 60.4 Å². The van der Waals surface area contributed by atoms with Gasteiger partial charge in [0.1, 0.15) is 5.41 Å². The molecule has 1 aromatic rings. The lowest BCUT2D eigenvalue weighted by Crippen LogP contribution is -2.56. The summed E-state index contributed by atoms with van der Waals surface area (Å²) in [5, 5.41) is 3.09. The molecule has 0 aromatic heterocycles. The number of nitrogens with one attached hydrogen (secondary N) is 1. The molecule has 0 atom stereocenters. The Bertz CT molecular complexity index is 685. The highest BCUT2D eigenvalue weighted by Gasteiger charge is 2.40. The van der Waals surface area contributed by atoms with Crippen molar-refractivity contribution in [2.75, 3.05) is 32.7 Å². The van der Waals surface area contributed by atoms with Gasteiger partial charge in [0.15, 0.2) is 0 Å². The molecule has 0 unspecified atom stereocenters. The van der Waals surface area contributed by atoms with E-state index in [1.807, 2.05) is 23.1 Å². The van der Waals surface area contributed by atoms with Crippen LogP contribution in [0.1, 0.15) is 45.1 Å². The number of nitrogens with zero attached hydrogens (tertiary/aromatic N) is 2. The van der Waals surface area contributed by atoms with Gasteiger partial charge in [-0.3, -0.25) is 14.5 Å². The molecule has 0 radical (unpaired) electrons. The zero-order valence-corrected chi connectivity index (χ0v) is 17.2. The predicted molar refractivity (Wildman–Crippen MR) is 113 cm³/mol. The van der Waals surface area contributed by atoms with Gasteiger partial charge in [0, 0.05) is 38.8 Å². The van der Waals surface area contributed by atoms with Crippen LogP contribution in [0, 0.1) is 5.41 Å². The van der Waals surface area contributed by atoms with E-state index in [1.54, 1.807) is 13.8 Å². The molecule has 1 aliphatic carbocycles. The molecular formula is C23H33N3O2. The smallest absolute Gasteiger partial charge is 0.237 e. The lowest BCUT2D eigenvalue weighted by molar-refractivity contribution is -0.150. The molecule has 0 bridgehead atoms. The van der Waals surface area contributed by atoms with E-state index in [0.29, 0.717) is 13.1 Å². The van der Waals surface area contributed by atoms with Crippen molar-refractivity contribution in [3.63, 3.8) is 0 Å². The van der Waals surface area contributed by atoms with Gasteiger partial charge in [-0.15, -0.1) is 0 Å². The van der Waals surface area contributed by atoms with Crippen LogP contribution in [0.2, 0.25) is 0 Å². The Morgan fingerprint density at radius 3 is 2.36 bits per heavy atom. The summed E-state index contributed by atoms with van der Waals surface area (Å²) in [7, 11) is 0. The second-order valence-corrected chi connectivity index (χ2v) is 8.49. The number of rotatable bonds is 6. The number of carbonyl (C=O) groups excluding carboxylic acids is 2. The largest absolute Gasteiger partial charge is 0.352 e. The molecule has 1 heterocycles. The monoisotopic (exact) mass is 383 g/mol. The summed E-state index contributed by atoms with van der Waals surface area (Å²) in [6.45, 7) is 7.43. The van der Waals surface area contributed by atoms with Gasteiger partial charge in [-0.25, -0.2) is 0 Å². The van der Waals surface area contributed by atoms with Gasteiger partial charge >= 0.3 is 0 Å². The molecule has 28 heavy (non-hydrogen) atoms. The normalized spacial score (nSPS) is 19.3. The minimum absolute atomic E-state index is 0.0533. The molecule has 1 saturated heterocycles. The summed E-state index contributed by atoms with van der Waals surface area (Å²) in [5.41, 5.74) is 0.198. The van der Waals surface area contributed by atoms with E-state index in [1.165, 1.54) is 18.4 Å². The van der Waals surface area contributed by atoms with Crippen LogP contribution in [0.5, 0.6) is 0 Å². The Balaban J connectivity index is 1.46. The van der Waals surface area contributed by atoms with Gasteiger partial charge in [-0.1, -0.05) is 55.3 Å². The van der Waals surface area contributed by atoms with Crippen molar-refractivity contribution in [2.24, 2.45) is 5.41 Å². The number of amides is 2. The zero-order chi connectivity index (χ0) is 20.0. The van der Waals surface area contributed by atoms with Crippen molar-refractivity contribution in [3.05, 3.63) is 42.0 Å². The van der Waals surface area contributed by atoms with Crippen molar-refractivity contribution in [2.45, 2.75) is 45.6 Å². The number of benzene rings is 1. The summed E-state index contributed by atoms with van der Waals surface area (Å²) >= 11 is 0. The second kappa shape index (κ2) is 9.37. The van der Waals surface area contributed by atoms with Crippen LogP contribution in [0.25, 0.3) is 6.08 Å². The molecule has 5 heteroatoms. The lowest BCUT2D eigenvalue weighted by atomic mass is 9.89. The first-order valence-corrected chi connectivity index (χ1v) is 10.5. The van der Waals surface area contributed by atoms with Crippen molar-refractivity contribution in [1.29, 1.82) is 0 Å². The van der Waals surface area contributed by atoms with Crippen molar-refractivity contribution in [3.8, 4) is 0 Å². The fraction of sp³-hybridized carbons (Fsp3) is 0.565. The standard InChI is InChI=1S/C23H33N3O2/c1-23(2,21(27)24-20-12-6-7-13-20)22(28)26-17-15-25(16-18-26)14-8-11-19-9-4-3-5-10-19/h3-5,8-11,20H,6-7,12-18H2,1-2H3,(H,24,27)/b11-8+. The van der Waals surface area contributed by atoms with E-state index in [0.717, 1.165) is 32.5 Å². The Labute approximate surface area is 168 Å². The first kappa shape index (κ1) is 20.6. The fourth-order valence-corrected chi connectivity index (χ4v) is 3.96. The second-order valence-electron chi connectivity index (χ2n) is 8.49. The van der Waals surface area contributed by atoms with E-state index in [4.69, 9.17) is 0 Å². The molecule has 1 aliphatic heterocycles. The van der Waals surface area contributed by atoms with E-state index in [-0.39, 0.29) is 17.9 Å². The van der Waals surface area contributed by atoms with Crippen LogP contribution in [0.3, 0.4) is 0 Å². The molecule has 1 saturated carbocycles. The Morgan fingerprint density at radius 2 is 1.71 bits per heavy atom. The maximum absolute atomic E-state index is 13.0. The van der Waals surface area contributed by atoms with Crippen LogP contribution < -0.4 is 5.32 Å². The minimum Gasteiger partial charge on any atom is -0.352 e. The molecular weight excluding hydrogens is 350 g/mol. The maximum atomic E-state index is 13.0. The van der Waals surface area contributed by atoms with Gasteiger partial charge in [0.05, 0.1) is 0 Å². The Hall–Kier alpha value is -2.14. The molecule has 1 N–H and O–H groups in total. The van der Waals surface area contributed by atoms with Crippen LogP contribution in [-0.2, 0) is 9.59 Å². The highest BCUT2D eigenvalue weighted by atomic mass is 16.2. The van der Waals surface area contributed by atoms with E-state index < -0.39 is 5.41 Å². The molecule has 1 aromatic carbocycles. The average molecular weight is 384 g/mol. The third kappa shape index (κ3) is 5.22. The summed E-state index contributed by atoms with van der Waals surface area (Å²) in [5.74, 6) is -0.180. The summed E-state index contributed by atoms with van der Waals surface area (Å²) in [6.07, 6.45) is 8.70. The fourth-order valence-electron chi connectivity index (χ4n) is 3.96. The van der Waals surface area contributed by atoms with Gasteiger partial charge in [-0.2, -0.15) is 0 Å². The van der Waals surface area contributed by atoms with Crippen LogP contribution in [0.15, 0.2) is 36.4 Å². The predicted octanol–water partition coefficient (Wildman–Crippen LogP) is 2.93. The maximum Gasteiger partial charge on any atom is 0.237 e. The van der Waals surface area contributed by atoms with Crippen molar-refractivity contribution < 1.29 is 9.59 Å². The quantitative estimate of drug-likeness (QED) is 0.769. The van der Waals surface area contributed by atoms with E-state index in [9.17, 15) is 9.59 Å². The van der Waals surface area contributed by atoms with Gasteiger partial charge in [-0.05, 0) is 32.3 Å². The van der Waals surface area contributed by atoms with E-state index >= 15 is 0 Å². The van der Waals surface area contributed by atoms with E-state index in [2.05, 4.69) is 34.5 Å². The third-order valence-corrected chi connectivity index (χ3v) is 5.93. The van der Waals surface area contributed by atoms with Crippen LogP contribution >= 0.6 is 0 Å². The average Bonchev–Trinajstić information content (AvgIpc) is 3.22. The van der Waals surface area contributed by atoms with Crippen molar-refractivity contribution in [1.82, 2.24) is 15.1 Å². The molecule has 3 rings (SSSR count). The van der Waals surface area contributed by atoms with Gasteiger partial charge in [0.25, 0.3) is 0 Å². The highest BCUT2D eigenvalue weighted by Crippen LogP contribution is 2.24. The SMILES string of the molecule is CC(C)(C(=O)NC1CCCC1)C(=O)N1CCN(C/C=C/c2ccccc2)CC1. The van der Waals surface area contributed by atoms with Crippen LogP contribution in [0.4, 0.5) is 0 Å². The zero-order valence-electron chi connectivity index (χ0n) is 17.2. The first-order chi connectivity index (χ1) is 13.5. The summed E-state index contributed by atoms with van der Waals surface area (Å²) < 4.78 is 0. The summed E-state index contributed by atoms with van der Waals surface area (Å²) in [4.78, 5) is 29.8. The number of piperazine rings is 1. The molecule has 2 amide bonds. The van der Waals surface area contributed by atoms with Gasteiger partial charge < -0.3 is 10.2 Å². The number of carbonyl (C=O) groups is 2. The van der Waals surface area contributed by atoms with Crippen molar-refractivity contribution >= 4 is 17.9 Å². The number of hydrogen-bond acceptors (Lipinski definition) is 3. The molecule has 152 valence electrons.